The highest BCUT2D eigenvalue weighted by molar-refractivity contribution is 6.36. The number of ether oxygens (including phenoxy) is 1. The van der Waals surface area contributed by atoms with Gasteiger partial charge >= 0.3 is 0 Å². The predicted molar refractivity (Wildman–Crippen MR) is 103 cm³/mol. The van der Waals surface area contributed by atoms with Crippen molar-refractivity contribution in [1.82, 2.24) is 14.8 Å². The predicted octanol–water partition coefficient (Wildman–Crippen LogP) is 3.75. The highest BCUT2D eigenvalue weighted by Crippen LogP contribution is 2.30. The summed E-state index contributed by atoms with van der Waals surface area (Å²) >= 11 is 6.58. The first-order valence-corrected chi connectivity index (χ1v) is 9.89. The van der Waals surface area contributed by atoms with Gasteiger partial charge in [-0.1, -0.05) is 29.8 Å². The molecule has 2 fully saturated rings. The van der Waals surface area contributed by atoms with E-state index in [1.165, 1.54) is 12.8 Å². The van der Waals surface area contributed by atoms with Crippen LogP contribution in [0.2, 0.25) is 5.02 Å². The minimum atomic E-state index is 0.669. The van der Waals surface area contributed by atoms with Gasteiger partial charge in [0.05, 0.1) is 18.2 Å². The maximum atomic E-state index is 6.58. The maximum Gasteiger partial charge on any atom is 0.0705 e. The van der Waals surface area contributed by atoms with Crippen LogP contribution in [-0.2, 0) is 11.3 Å². The fraction of sp³-hybridized carbons (Fsp3) is 0.600. The summed E-state index contributed by atoms with van der Waals surface area (Å²) in [6.45, 7) is 9.60. The molecule has 3 heterocycles. The van der Waals surface area contributed by atoms with Crippen LogP contribution in [0.15, 0.2) is 24.3 Å². The molecule has 5 heteroatoms. The fourth-order valence-corrected chi connectivity index (χ4v) is 4.64. The van der Waals surface area contributed by atoms with Crippen LogP contribution in [0.1, 0.15) is 25.5 Å². The van der Waals surface area contributed by atoms with Crippen molar-refractivity contribution in [3.05, 3.63) is 35.0 Å². The second-order valence-corrected chi connectivity index (χ2v) is 7.84. The summed E-state index contributed by atoms with van der Waals surface area (Å²) in [5.74, 6) is 0.799. The van der Waals surface area contributed by atoms with Gasteiger partial charge in [0.25, 0.3) is 0 Å². The molecule has 1 N–H and O–H groups in total. The van der Waals surface area contributed by atoms with E-state index in [0.717, 1.165) is 73.5 Å². The molecule has 2 aromatic rings. The molecule has 0 unspecified atom stereocenters. The molecule has 0 aliphatic carbocycles. The number of morpholine rings is 1. The van der Waals surface area contributed by atoms with Crippen molar-refractivity contribution in [3.8, 4) is 0 Å². The van der Waals surface area contributed by atoms with E-state index in [0.29, 0.717) is 6.04 Å². The van der Waals surface area contributed by atoms with Gasteiger partial charge in [0.2, 0.25) is 0 Å². The number of hydrogen-bond donors (Lipinski definition) is 1. The number of para-hydroxylation sites is 1. The Labute approximate surface area is 155 Å². The van der Waals surface area contributed by atoms with Crippen LogP contribution in [0.3, 0.4) is 0 Å². The van der Waals surface area contributed by atoms with E-state index in [1.807, 2.05) is 6.07 Å². The minimum Gasteiger partial charge on any atom is -0.379 e. The standard InChI is InChI=1S/C20H28ClN3O/c1-15(24-10-12-25-13-11-24)16-6-8-23(9-7-16)14-19-20(21)17-4-2-3-5-18(17)22-19/h2-5,15-16,22H,6-14H2,1H3/t15-/m1/s1. The van der Waals surface area contributed by atoms with E-state index in [1.54, 1.807) is 0 Å². The molecule has 0 saturated carbocycles. The number of hydrogen-bond acceptors (Lipinski definition) is 3. The van der Waals surface area contributed by atoms with Gasteiger partial charge in [-0.3, -0.25) is 9.80 Å². The largest absolute Gasteiger partial charge is 0.379 e. The Morgan fingerprint density at radius 1 is 1.16 bits per heavy atom. The minimum absolute atomic E-state index is 0.669. The fourth-order valence-electron chi connectivity index (χ4n) is 4.37. The normalized spacial score (nSPS) is 22.5. The van der Waals surface area contributed by atoms with Crippen molar-refractivity contribution < 1.29 is 4.74 Å². The van der Waals surface area contributed by atoms with Crippen molar-refractivity contribution in [1.29, 1.82) is 0 Å². The monoisotopic (exact) mass is 361 g/mol. The second kappa shape index (κ2) is 7.67. The third-order valence-electron chi connectivity index (χ3n) is 6.03. The number of fused-ring (bicyclic) bond motifs is 1. The van der Waals surface area contributed by atoms with Gasteiger partial charge in [0, 0.05) is 42.3 Å². The third kappa shape index (κ3) is 3.72. The topological polar surface area (TPSA) is 31.5 Å². The molecule has 0 spiro atoms. The van der Waals surface area contributed by atoms with Gasteiger partial charge in [-0.15, -0.1) is 0 Å². The van der Waals surface area contributed by atoms with Crippen molar-refractivity contribution in [2.45, 2.75) is 32.4 Å². The van der Waals surface area contributed by atoms with E-state index in [2.05, 4.69) is 39.9 Å². The Hall–Kier alpha value is -1.07. The smallest absolute Gasteiger partial charge is 0.0705 e. The summed E-state index contributed by atoms with van der Waals surface area (Å²) in [5, 5.41) is 2.02. The number of nitrogens with one attached hydrogen (secondary N) is 1. The molecule has 2 aliphatic rings. The van der Waals surface area contributed by atoms with Gasteiger partial charge in [-0.05, 0) is 44.8 Å². The van der Waals surface area contributed by atoms with Crippen molar-refractivity contribution in [2.24, 2.45) is 5.92 Å². The molecular weight excluding hydrogens is 334 g/mol. The van der Waals surface area contributed by atoms with E-state index < -0.39 is 0 Å². The number of aromatic amines is 1. The number of piperidine rings is 1. The first kappa shape index (κ1) is 17.3. The lowest BCUT2D eigenvalue weighted by molar-refractivity contribution is -0.00197. The number of rotatable bonds is 4. The van der Waals surface area contributed by atoms with Gasteiger partial charge in [0.15, 0.2) is 0 Å². The molecule has 2 aliphatic heterocycles. The first-order chi connectivity index (χ1) is 12.2. The Bertz CT molecular complexity index is 702. The lowest BCUT2D eigenvalue weighted by atomic mass is 9.89. The van der Waals surface area contributed by atoms with Gasteiger partial charge in [-0.25, -0.2) is 0 Å². The Kier molecular flexibility index (Phi) is 5.32. The molecule has 1 aromatic carbocycles. The Balaban J connectivity index is 1.34. The highest BCUT2D eigenvalue weighted by Gasteiger charge is 2.28. The summed E-state index contributed by atoms with van der Waals surface area (Å²) in [5.41, 5.74) is 2.29. The number of halogens is 1. The number of H-pyrrole nitrogens is 1. The second-order valence-electron chi connectivity index (χ2n) is 7.47. The highest BCUT2D eigenvalue weighted by atomic mass is 35.5. The lowest BCUT2D eigenvalue weighted by Gasteiger charge is -2.41. The Morgan fingerprint density at radius 3 is 2.60 bits per heavy atom. The van der Waals surface area contributed by atoms with Crippen LogP contribution >= 0.6 is 11.6 Å². The number of benzene rings is 1. The zero-order valence-corrected chi connectivity index (χ0v) is 15.8. The number of nitrogens with zero attached hydrogens (tertiary/aromatic N) is 2. The summed E-state index contributed by atoms with van der Waals surface area (Å²) in [4.78, 5) is 8.65. The molecule has 0 amide bonds. The molecule has 0 bridgehead atoms. The summed E-state index contributed by atoms with van der Waals surface area (Å²) < 4.78 is 5.49. The molecule has 4 rings (SSSR count). The van der Waals surface area contributed by atoms with Crippen molar-refractivity contribution in [2.75, 3.05) is 39.4 Å². The van der Waals surface area contributed by atoms with Gasteiger partial charge in [-0.2, -0.15) is 0 Å². The van der Waals surface area contributed by atoms with E-state index in [4.69, 9.17) is 16.3 Å². The summed E-state index contributed by atoms with van der Waals surface area (Å²) in [7, 11) is 0. The average Bonchev–Trinajstić information content (AvgIpc) is 2.98. The zero-order valence-electron chi connectivity index (χ0n) is 15.0. The molecule has 0 radical (unpaired) electrons. The lowest BCUT2D eigenvalue weighted by Crippen LogP contribution is -2.48. The molecule has 25 heavy (non-hydrogen) atoms. The van der Waals surface area contributed by atoms with E-state index in [9.17, 15) is 0 Å². The molecule has 2 saturated heterocycles. The third-order valence-corrected chi connectivity index (χ3v) is 6.46. The van der Waals surface area contributed by atoms with Gasteiger partial charge < -0.3 is 9.72 Å². The number of aromatic nitrogens is 1. The van der Waals surface area contributed by atoms with Crippen LogP contribution in [-0.4, -0.2) is 60.2 Å². The van der Waals surface area contributed by atoms with Crippen LogP contribution in [0, 0.1) is 5.92 Å². The maximum absolute atomic E-state index is 6.58. The molecular formula is C20H28ClN3O. The van der Waals surface area contributed by atoms with Crippen LogP contribution < -0.4 is 0 Å². The SMILES string of the molecule is C[C@H](C1CCN(Cc2[nH]c3ccccc3c2Cl)CC1)N1CCOCC1. The van der Waals surface area contributed by atoms with Crippen LogP contribution in [0.5, 0.6) is 0 Å². The van der Waals surface area contributed by atoms with Gasteiger partial charge in [0.1, 0.15) is 0 Å². The van der Waals surface area contributed by atoms with E-state index in [-0.39, 0.29) is 0 Å². The van der Waals surface area contributed by atoms with E-state index >= 15 is 0 Å². The number of likely N-dealkylation sites (tertiary alicyclic amines) is 1. The molecule has 136 valence electrons. The first-order valence-electron chi connectivity index (χ1n) is 9.51. The quantitative estimate of drug-likeness (QED) is 0.899. The van der Waals surface area contributed by atoms with Crippen molar-refractivity contribution >= 4 is 22.5 Å². The molecule has 1 atom stereocenters. The zero-order chi connectivity index (χ0) is 17.2. The molecule has 4 nitrogen and oxygen atoms in total. The van der Waals surface area contributed by atoms with Crippen LogP contribution in [0.4, 0.5) is 0 Å². The average molecular weight is 362 g/mol. The summed E-state index contributed by atoms with van der Waals surface area (Å²) in [6, 6.07) is 8.96. The Morgan fingerprint density at radius 2 is 1.88 bits per heavy atom. The van der Waals surface area contributed by atoms with Crippen LogP contribution in [0.25, 0.3) is 10.9 Å². The van der Waals surface area contributed by atoms with Crippen molar-refractivity contribution in [3.63, 3.8) is 0 Å². The summed E-state index contributed by atoms with van der Waals surface area (Å²) in [6.07, 6.45) is 2.55. The molecule has 1 aromatic heterocycles.